The monoisotopic (exact) mass is 354 g/mol. The van der Waals surface area contributed by atoms with Crippen LogP contribution in [0.4, 0.5) is 15.8 Å². The van der Waals surface area contributed by atoms with Gasteiger partial charge >= 0.3 is 0 Å². The van der Waals surface area contributed by atoms with E-state index in [2.05, 4.69) is 21.2 Å². The molecule has 21 heavy (non-hydrogen) atoms. The summed E-state index contributed by atoms with van der Waals surface area (Å²) >= 11 is 3.33. The van der Waals surface area contributed by atoms with Crippen molar-refractivity contribution >= 4 is 27.3 Å². The van der Waals surface area contributed by atoms with Crippen molar-refractivity contribution in [2.24, 2.45) is 0 Å². The number of hydrogen-bond donors (Lipinski definition) is 1. The average molecular weight is 355 g/mol. The standard InChI is InChI=1S/C14H12BrFN2O3/c1-21-13-6-11(5-12(7-13)18(19)20)17-8-9-4-10(16)2-3-14(9)15/h2-7,17H,8H2,1H3. The molecule has 0 aromatic heterocycles. The maximum Gasteiger partial charge on any atom is 0.275 e. The first kappa shape index (κ1) is 15.2. The molecule has 0 atom stereocenters. The molecule has 2 rings (SSSR count). The number of nitro groups is 1. The van der Waals surface area contributed by atoms with Gasteiger partial charge in [0, 0.05) is 28.8 Å². The molecule has 0 bridgehead atoms. The highest BCUT2D eigenvalue weighted by molar-refractivity contribution is 9.10. The van der Waals surface area contributed by atoms with E-state index in [-0.39, 0.29) is 11.5 Å². The number of benzene rings is 2. The molecule has 0 saturated carbocycles. The summed E-state index contributed by atoms with van der Waals surface area (Å²) in [4.78, 5) is 10.4. The lowest BCUT2D eigenvalue weighted by atomic mass is 10.2. The Morgan fingerprint density at radius 3 is 2.76 bits per heavy atom. The minimum atomic E-state index is -0.494. The van der Waals surface area contributed by atoms with E-state index in [1.54, 1.807) is 12.1 Å². The largest absolute Gasteiger partial charge is 0.496 e. The van der Waals surface area contributed by atoms with E-state index >= 15 is 0 Å². The van der Waals surface area contributed by atoms with Gasteiger partial charge in [0.2, 0.25) is 0 Å². The normalized spacial score (nSPS) is 10.2. The summed E-state index contributed by atoms with van der Waals surface area (Å²) < 4.78 is 19.0. The molecule has 0 radical (unpaired) electrons. The molecule has 0 fully saturated rings. The summed E-state index contributed by atoms with van der Waals surface area (Å²) in [7, 11) is 1.44. The molecule has 0 saturated heterocycles. The molecule has 110 valence electrons. The summed E-state index contributed by atoms with van der Waals surface area (Å²) in [6.45, 7) is 0.322. The van der Waals surface area contributed by atoms with Gasteiger partial charge in [-0.3, -0.25) is 10.1 Å². The average Bonchev–Trinajstić information content (AvgIpc) is 2.47. The maximum atomic E-state index is 13.2. The molecule has 2 aromatic carbocycles. The molecule has 0 aliphatic rings. The van der Waals surface area contributed by atoms with Gasteiger partial charge in [-0.2, -0.15) is 0 Å². The van der Waals surface area contributed by atoms with E-state index in [1.807, 2.05) is 0 Å². The third kappa shape index (κ3) is 3.91. The first-order valence-corrected chi connectivity index (χ1v) is 6.80. The minimum absolute atomic E-state index is 0.0739. The zero-order chi connectivity index (χ0) is 15.4. The highest BCUT2D eigenvalue weighted by atomic mass is 79.9. The molecule has 2 aromatic rings. The number of halogens is 2. The fourth-order valence-corrected chi connectivity index (χ4v) is 2.17. The number of nitro benzene ring substituents is 1. The molecule has 0 unspecified atom stereocenters. The summed E-state index contributed by atoms with van der Waals surface area (Å²) in [5.74, 6) is 0.0385. The van der Waals surface area contributed by atoms with Crippen LogP contribution >= 0.6 is 15.9 Å². The van der Waals surface area contributed by atoms with Crippen molar-refractivity contribution in [1.82, 2.24) is 0 Å². The van der Waals surface area contributed by atoms with E-state index in [0.29, 0.717) is 23.5 Å². The zero-order valence-electron chi connectivity index (χ0n) is 11.1. The number of rotatable bonds is 5. The van der Waals surface area contributed by atoms with Crippen molar-refractivity contribution in [2.75, 3.05) is 12.4 Å². The Morgan fingerprint density at radius 2 is 2.10 bits per heavy atom. The Bertz CT molecular complexity index is 679. The second-order valence-electron chi connectivity index (χ2n) is 4.27. The van der Waals surface area contributed by atoms with Crippen LogP contribution in [-0.4, -0.2) is 12.0 Å². The van der Waals surface area contributed by atoms with Gasteiger partial charge in [-0.15, -0.1) is 0 Å². The number of nitrogens with zero attached hydrogens (tertiary/aromatic N) is 1. The van der Waals surface area contributed by atoms with Crippen molar-refractivity contribution < 1.29 is 14.1 Å². The SMILES string of the molecule is COc1cc(NCc2cc(F)ccc2Br)cc([N+](=O)[O-])c1. The third-order valence-corrected chi connectivity index (χ3v) is 3.60. The van der Waals surface area contributed by atoms with Crippen LogP contribution in [0, 0.1) is 15.9 Å². The predicted octanol–water partition coefficient (Wildman–Crippen LogP) is 4.12. The number of non-ortho nitro benzene ring substituents is 1. The molecule has 0 amide bonds. The fraction of sp³-hybridized carbons (Fsp3) is 0.143. The number of anilines is 1. The van der Waals surface area contributed by atoms with Gasteiger partial charge in [0.15, 0.2) is 0 Å². The smallest absolute Gasteiger partial charge is 0.275 e. The van der Waals surface area contributed by atoms with Crippen molar-refractivity contribution in [3.63, 3.8) is 0 Å². The second kappa shape index (κ2) is 6.53. The van der Waals surface area contributed by atoms with Crippen LogP contribution in [0.1, 0.15) is 5.56 Å². The topological polar surface area (TPSA) is 64.4 Å². The summed E-state index contributed by atoms with van der Waals surface area (Å²) in [5, 5.41) is 13.9. The van der Waals surface area contributed by atoms with Crippen LogP contribution in [0.25, 0.3) is 0 Å². The Balaban J connectivity index is 2.21. The predicted molar refractivity (Wildman–Crippen MR) is 81.1 cm³/mol. The summed E-state index contributed by atoms with van der Waals surface area (Å²) in [5.41, 5.74) is 1.16. The second-order valence-corrected chi connectivity index (χ2v) is 5.12. The van der Waals surface area contributed by atoms with E-state index in [4.69, 9.17) is 4.74 Å². The molecular weight excluding hydrogens is 343 g/mol. The van der Waals surface area contributed by atoms with Crippen molar-refractivity contribution in [1.29, 1.82) is 0 Å². The lowest BCUT2D eigenvalue weighted by molar-refractivity contribution is -0.384. The number of methoxy groups -OCH3 is 1. The minimum Gasteiger partial charge on any atom is -0.496 e. The van der Waals surface area contributed by atoms with Crippen LogP contribution in [0.5, 0.6) is 5.75 Å². The molecule has 0 heterocycles. The number of hydrogen-bond acceptors (Lipinski definition) is 4. The first-order chi connectivity index (χ1) is 9.99. The fourth-order valence-electron chi connectivity index (χ4n) is 1.78. The molecule has 7 heteroatoms. The molecule has 0 aliphatic heterocycles. The van der Waals surface area contributed by atoms with Crippen molar-refractivity contribution in [3.05, 3.63) is 62.4 Å². The van der Waals surface area contributed by atoms with Gasteiger partial charge in [0.05, 0.1) is 18.1 Å². The van der Waals surface area contributed by atoms with Crippen LogP contribution in [0.2, 0.25) is 0 Å². The quantitative estimate of drug-likeness (QED) is 0.647. The Hall–Kier alpha value is -2.15. The van der Waals surface area contributed by atoms with Gasteiger partial charge in [0.1, 0.15) is 11.6 Å². The van der Waals surface area contributed by atoms with E-state index in [0.717, 1.165) is 4.47 Å². The summed E-state index contributed by atoms with van der Waals surface area (Å²) in [6.07, 6.45) is 0. The Morgan fingerprint density at radius 1 is 1.33 bits per heavy atom. The van der Waals surface area contributed by atoms with Gasteiger partial charge < -0.3 is 10.1 Å². The van der Waals surface area contributed by atoms with Crippen LogP contribution in [0.15, 0.2) is 40.9 Å². The van der Waals surface area contributed by atoms with Crippen molar-refractivity contribution in [3.8, 4) is 5.75 Å². The lowest BCUT2D eigenvalue weighted by Gasteiger charge is -2.10. The maximum absolute atomic E-state index is 13.2. The third-order valence-electron chi connectivity index (χ3n) is 2.83. The van der Waals surface area contributed by atoms with Crippen LogP contribution in [0.3, 0.4) is 0 Å². The number of ether oxygens (including phenoxy) is 1. The highest BCUT2D eigenvalue weighted by Gasteiger charge is 2.10. The Labute approximate surface area is 129 Å². The molecule has 0 aliphatic carbocycles. The lowest BCUT2D eigenvalue weighted by Crippen LogP contribution is -2.02. The molecule has 5 nitrogen and oxygen atoms in total. The van der Waals surface area contributed by atoms with E-state index in [1.165, 1.54) is 31.4 Å². The molecule has 1 N–H and O–H groups in total. The first-order valence-electron chi connectivity index (χ1n) is 6.01. The molecule has 0 spiro atoms. The zero-order valence-corrected chi connectivity index (χ0v) is 12.7. The van der Waals surface area contributed by atoms with Crippen LogP contribution in [-0.2, 0) is 6.54 Å². The van der Waals surface area contributed by atoms with Gasteiger partial charge in [-0.1, -0.05) is 15.9 Å². The highest BCUT2D eigenvalue weighted by Crippen LogP contribution is 2.27. The summed E-state index contributed by atoms with van der Waals surface area (Å²) in [6, 6.07) is 8.73. The van der Waals surface area contributed by atoms with Gasteiger partial charge in [-0.25, -0.2) is 4.39 Å². The van der Waals surface area contributed by atoms with E-state index in [9.17, 15) is 14.5 Å². The number of nitrogens with one attached hydrogen (secondary N) is 1. The van der Waals surface area contributed by atoms with Crippen LogP contribution < -0.4 is 10.1 Å². The Kier molecular flexibility index (Phi) is 4.74. The molecular formula is C14H12BrFN2O3. The van der Waals surface area contributed by atoms with E-state index < -0.39 is 4.92 Å². The van der Waals surface area contributed by atoms with Gasteiger partial charge in [-0.05, 0) is 23.8 Å². The van der Waals surface area contributed by atoms with Gasteiger partial charge in [0.25, 0.3) is 5.69 Å². The van der Waals surface area contributed by atoms with Crippen molar-refractivity contribution in [2.45, 2.75) is 6.54 Å².